The van der Waals surface area contributed by atoms with Gasteiger partial charge in [0.05, 0.1) is 20.3 Å². The van der Waals surface area contributed by atoms with Crippen molar-refractivity contribution in [3.05, 3.63) is 36.1 Å². The molecule has 5 nitrogen and oxygen atoms in total. The largest absolute Gasteiger partial charge is 0.493 e. The minimum absolute atomic E-state index is 0.00628. The minimum atomic E-state index is -0.00628. The first kappa shape index (κ1) is 14.7. The van der Waals surface area contributed by atoms with Crippen LogP contribution in [0, 0.1) is 0 Å². The Hall–Kier alpha value is -2.27. The third kappa shape index (κ3) is 2.85. The smallest absolute Gasteiger partial charge is 0.247 e. The maximum Gasteiger partial charge on any atom is 0.247 e. The molecule has 0 atom stereocenters. The highest BCUT2D eigenvalue weighted by Crippen LogP contribution is 2.31. The van der Waals surface area contributed by atoms with Gasteiger partial charge in [0, 0.05) is 24.6 Å². The number of carbonyl (C=O) groups is 1. The predicted octanol–water partition coefficient (Wildman–Crippen LogP) is 2.70. The summed E-state index contributed by atoms with van der Waals surface area (Å²) >= 11 is 0. The van der Waals surface area contributed by atoms with Crippen LogP contribution in [0.5, 0.6) is 5.75 Å². The van der Waals surface area contributed by atoms with E-state index in [1.807, 2.05) is 31.2 Å². The molecule has 1 aliphatic rings. The van der Waals surface area contributed by atoms with E-state index in [0.717, 1.165) is 11.0 Å². The summed E-state index contributed by atoms with van der Waals surface area (Å²) in [4.78, 5) is 14.0. The van der Waals surface area contributed by atoms with Crippen LogP contribution >= 0.6 is 0 Å². The molecule has 1 saturated heterocycles. The van der Waals surface area contributed by atoms with Crippen molar-refractivity contribution in [3.8, 4) is 5.75 Å². The van der Waals surface area contributed by atoms with E-state index in [1.165, 1.54) is 0 Å². The van der Waals surface area contributed by atoms with E-state index in [9.17, 15) is 4.79 Å². The first-order chi connectivity index (χ1) is 10.7. The van der Waals surface area contributed by atoms with Gasteiger partial charge in [-0.25, -0.2) is 0 Å². The molecule has 1 fully saturated rings. The summed E-state index contributed by atoms with van der Waals surface area (Å²) in [7, 11) is 1.61. The molecule has 3 rings (SSSR count). The summed E-state index contributed by atoms with van der Waals surface area (Å²) < 4.78 is 16.4. The van der Waals surface area contributed by atoms with E-state index in [2.05, 4.69) is 0 Å². The van der Waals surface area contributed by atoms with Gasteiger partial charge in [-0.05, 0) is 24.6 Å². The Balaban J connectivity index is 1.86. The number of hydrogen-bond donors (Lipinski definition) is 0. The molecular weight excluding hydrogens is 282 g/mol. The van der Waals surface area contributed by atoms with Crippen LogP contribution < -0.4 is 4.74 Å². The Morgan fingerprint density at radius 2 is 2.09 bits per heavy atom. The van der Waals surface area contributed by atoms with Crippen LogP contribution in [0.15, 0.2) is 34.8 Å². The molecule has 0 N–H and O–H groups in total. The topological polar surface area (TPSA) is 51.9 Å². The molecule has 1 aromatic carbocycles. The summed E-state index contributed by atoms with van der Waals surface area (Å²) in [6.07, 6.45) is 1.62. The average Bonchev–Trinajstić information content (AvgIpc) is 2.99. The van der Waals surface area contributed by atoms with Crippen molar-refractivity contribution < 1.29 is 18.7 Å². The fraction of sp³-hybridized carbons (Fsp3) is 0.353. The van der Waals surface area contributed by atoms with Crippen LogP contribution in [0.2, 0.25) is 0 Å². The van der Waals surface area contributed by atoms with E-state index in [0.29, 0.717) is 43.4 Å². The molecule has 0 bridgehead atoms. The molecule has 22 heavy (non-hydrogen) atoms. The van der Waals surface area contributed by atoms with Crippen molar-refractivity contribution in [2.75, 3.05) is 33.4 Å². The maximum absolute atomic E-state index is 12.2. The van der Waals surface area contributed by atoms with E-state index >= 15 is 0 Å². The van der Waals surface area contributed by atoms with E-state index in [1.54, 1.807) is 18.1 Å². The SMILES string of the molecule is COc1cccc2cc(/C(C)=C\C(=O)N3CCOCC3)oc12. The van der Waals surface area contributed by atoms with Gasteiger partial charge in [-0.3, -0.25) is 4.79 Å². The zero-order chi connectivity index (χ0) is 15.5. The second kappa shape index (κ2) is 6.23. The Kier molecular flexibility index (Phi) is 4.15. The number of carbonyl (C=O) groups excluding carboxylic acids is 1. The predicted molar refractivity (Wildman–Crippen MR) is 83.8 cm³/mol. The Bertz CT molecular complexity index is 711. The number of hydrogen-bond acceptors (Lipinski definition) is 4. The fourth-order valence-electron chi connectivity index (χ4n) is 2.52. The summed E-state index contributed by atoms with van der Waals surface area (Å²) in [6, 6.07) is 7.66. The quantitative estimate of drug-likeness (QED) is 0.818. The number of rotatable bonds is 3. The van der Waals surface area contributed by atoms with E-state index in [4.69, 9.17) is 13.9 Å². The Morgan fingerprint density at radius 1 is 1.32 bits per heavy atom. The summed E-state index contributed by atoms with van der Waals surface area (Å²) in [5.41, 5.74) is 1.50. The lowest BCUT2D eigenvalue weighted by molar-refractivity contribution is -0.129. The third-order valence-corrected chi connectivity index (χ3v) is 3.78. The van der Waals surface area contributed by atoms with Crippen LogP contribution in [0.4, 0.5) is 0 Å². The van der Waals surface area contributed by atoms with Crippen molar-refractivity contribution in [2.45, 2.75) is 6.92 Å². The number of para-hydroxylation sites is 1. The maximum atomic E-state index is 12.2. The first-order valence-electron chi connectivity index (χ1n) is 7.31. The molecule has 0 spiro atoms. The third-order valence-electron chi connectivity index (χ3n) is 3.78. The first-order valence-corrected chi connectivity index (χ1v) is 7.31. The standard InChI is InChI=1S/C17H19NO4/c1-12(10-16(19)18-6-8-21-9-7-18)15-11-13-4-3-5-14(20-2)17(13)22-15/h3-5,10-11H,6-9H2,1-2H3/b12-10-. The van der Waals surface area contributed by atoms with Crippen LogP contribution in [0.25, 0.3) is 16.5 Å². The van der Waals surface area contributed by atoms with Crippen molar-refractivity contribution in [3.63, 3.8) is 0 Å². The normalized spacial score (nSPS) is 16.1. The number of amides is 1. The molecule has 1 aromatic heterocycles. The molecule has 1 aliphatic heterocycles. The van der Waals surface area contributed by atoms with E-state index in [-0.39, 0.29) is 5.91 Å². The van der Waals surface area contributed by atoms with Crippen molar-refractivity contribution >= 4 is 22.4 Å². The van der Waals surface area contributed by atoms with Crippen LogP contribution in [0.3, 0.4) is 0 Å². The molecule has 0 radical (unpaired) electrons. The molecule has 5 heteroatoms. The molecule has 0 saturated carbocycles. The number of allylic oxidation sites excluding steroid dienone is 1. The number of methoxy groups -OCH3 is 1. The lowest BCUT2D eigenvalue weighted by Gasteiger charge is -2.25. The zero-order valence-electron chi connectivity index (χ0n) is 12.8. The second-order valence-corrected chi connectivity index (χ2v) is 5.25. The molecule has 2 heterocycles. The average molecular weight is 301 g/mol. The van der Waals surface area contributed by atoms with E-state index < -0.39 is 0 Å². The van der Waals surface area contributed by atoms with Crippen molar-refractivity contribution in [2.24, 2.45) is 0 Å². The molecule has 116 valence electrons. The molecular formula is C17H19NO4. The number of fused-ring (bicyclic) bond motifs is 1. The number of morpholine rings is 1. The Morgan fingerprint density at radius 3 is 2.82 bits per heavy atom. The Labute approximate surface area is 129 Å². The van der Waals surface area contributed by atoms with Crippen LogP contribution in [0.1, 0.15) is 12.7 Å². The second-order valence-electron chi connectivity index (χ2n) is 5.25. The lowest BCUT2D eigenvalue weighted by Crippen LogP contribution is -2.39. The van der Waals surface area contributed by atoms with Gasteiger partial charge in [0.2, 0.25) is 5.91 Å². The highest BCUT2D eigenvalue weighted by Gasteiger charge is 2.16. The van der Waals surface area contributed by atoms with Gasteiger partial charge in [-0.2, -0.15) is 0 Å². The monoisotopic (exact) mass is 301 g/mol. The summed E-state index contributed by atoms with van der Waals surface area (Å²) in [6.45, 7) is 4.34. The van der Waals surface area contributed by atoms with Gasteiger partial charge < -0.3 is 18.8 Å². The van der Waals surface area contributed by atoms with Crippen LogP contribution in [-0.4, -0.2) is 44.2 Å². The van der Waals surface area contributed by atoms with Gasteiger partial charge in [0.25, 0.3) is 0 Å². The number of benzene rings is 1. The van der Waals surface area contributed by atoms with Gasteiger partial charge in [-0.15, -0.1) is 0 Å². The highest BCUT2D eigenvalue weighted by molar-refractivity contribution is 5.96. The van der Waals surface area contributed by atoms with Gasteiger partial charge in [0.1, 0.15) is 5.76 Å². The summed E-state index contributed by atoms with van der Waals surface area (Å²) in [5, 5.41) is 0.959. The molecule has 2 aromatic rings. The number of nitrogens with zero attached hydrogens (tertiary/aromatic N) is 1. The fourth-order valence-corrected chi connectivity index (χ4v) is 2.52. The molecule has 0 unspecified atom stereocenters. The van der Waals surface area contributed by atoms with Crippen LogP contribution in [-0.2, 0) is 9.53 Å². The lowest BCUT2D eigenvalue weighted by atomic mass is 10.2. The summed E-state index contributed by atoms with van der Waals surface area (Å²) in [5.74, 6) is 1.37. The zero-order valence-corrected chi connectivity index (χ0v) is 12.8. The van der Waals surface area contributed by atoms with Crippen molar-refractivity contribution in [1.82, 2.24) is 4.90 Å². The highest BCUT2D eigenvalue weighted by atomic mass is 16.5. The number of furan rings is 1. The van der Waals surface area contributed by atoms with Gasteiger partial charge in [-0.1, -0.05) is 12.1 Å². The molecule has 0 aliphatic carbocycles. The van der Waals surface area contributed by atoms with Gasteiger partial charge in [0.15, 0.2) is 11.3 Å². The number of ether oxygens (including phenoxy) is 2. The molecule has 1 amide bonds. The van der Waals surface area contributed by atoms with Crippen molar-refractivity contribution in [1.29, 1.82) is 0 Å². The minimum Gasteiger partial charge on any atom is -0.493 e. The van der Waals surface area contributed by atoms with Gasteiger partial charge >= 0.3 is 0 Å².